The minimum atomic E-state index is -0.234. The molecule has 2 aliphatic rings. The van der Waals surface area contributed by atoms with Gasteiger partial charge in [0.25, 0.3) is 0 Å². The lowest BCUT2D eigenvalue weighted by Crippen LogP contribution is -2.29. The van der Waals surface area contributed by atoms with Crippen LogP contribution in [0.1, 0.15) is 19.3 Å². The third kappa shape index (κ3) is 3.82. The average molecular weight is 363 g/mol. The predicted molar refractivity (Wildman–Crippen MR) is 108 cm³/mol. The summed E-state index contributed by atoms with van der Waals surface area (Å²) in [6.07, 6.45) is 3.10. The van der Waals surface area contributed by atoms with Crippen LogP contribution in [0.4, 0.5) is 17.1 Å². The van der Waals surface area contributed by atoms with Crippen LogP contribution in [0.3, 0.4) is 0 Å². The Kier molecular flexibility index (Phi) is 4.84. The molecular formula is C22H25N3O2. The second-order valence-corrected chi connectivity index (χ2v) is 7.41. The van der Waals surface area contributed by atoms with Crippen LogP contribution in [0.25, 0.3) is 0 Å². The van der Waals surface area contributed by atoms with Gasteiger partial charge in [0.1, 0.15) is 0 Å². The number of hydrogen-bond acceptors (Lipinski definition) is 3. The van der Waals surface area contributed by atoms with Crippen LogP contribution in [0, 0.1) is 11.8 Å². The van der Waals surface area contributed by atoms with E-state index in [2.05, 4.69) is 22.3 Å². The fourth-order valence-electron chi connectivity index (χ4n) is 3.75. The van der Waals surface area contributed by atoms with Gasteiger partial charge in [0.05, 0.1) is 11.8 Å². The number of carbonyl (C=O) groups excluding carboxylic acids is 2. The van der Waals surface area contributed by atoms with Crippen molar-refractivity contribution in [2.45, 2.75) is 19.3 Å². The van der Waals surface area contributed by atoms with Gasteiger partial charge in [0.15, 0.2) is 0 Å². The zero-order chi connectivity index (χ0) is 18.8. The van der Waals surface area contributed by atoms with Gasteiger partial charge in [-0.2, -0.15) is 0 Å². The minimum Gasteiger partial charge on any atom is -0.372 e. The number of rotatable bonds is 5. The Hall–Kier alpha value is -2.82. The Morgan fingerprint density at radius 3 is 2.30 bits per heavy atom. The number of anilines is 3. The molecule has 1 aliphatic heterocycles. The third-order valence-corrected chi connectivity index (χ3v) is 5.52. The third-order valence-electron chi connectivity index (χ3n) is 5.52. The molecule has 5 heteroatoms. The monoisotopic (exact) mass is 363 g/mol. The fraction of sp³-hybridized carbons (Fsp3) is 0.364. The summed E-state index contributed by atoms with van der Waals surface area (Å²) in [4.78, 5) is 29.1. The molecule has 1 saturated carbocycles. The van der Waals surface area contributed by atoms with Crippen molar-refractivity contribution in [3.8, 4) is 0 Å². The number of nitrogens with one attached hydrogen (secondary N) is 1. The first-order valence-corrected chi connectivity index (χ1v) is 9.62. The molecule has 0 aromatic heterocycles. The number of para-hydroxylation sites is 1. The van der Waals surface area contributed by atoms with E-state index in [4.69, 9.17) is 0 Å². The standard InChI is InChI=1S/C22H25N3O2/c1-24(17-7-3-2-4-8-17)22(27)20-15-19(20)21(26)23-16-9-11-18(12-10-16)25-13-5-6-14-25/h2-4,7-12,19-20H,5-6,13-15H2,1H3,(H,23,26). The molecule has 0 spiro atoms. The van der Waals surface area contributed by atoms with Crippen LogP contribution in [-0.2, 0) is 9.59 Å². The van der Waals surface area contributed by atoms with E-state index in [1.807, 2.05) is 42.5 Å². The Labute approximate surface area is 160 Å². The number of nitrogens with zero attached hydrogens (tertiary/aromatic N) is 2. The van der Waals surface area contributed by atoms with Crippen LogP contribution in [0.5, 0.6) is 0 Å². The molecule has 1 heterocycles. The van der Waals surface area contributed by atoms with Crippen molar-refractivity contribution in [1.29, 1.82) is 0 Å². The minimum absolute atomic E-state index is 0.00531. The maximum absolute atomic E-state index is 12.6. The molecule has 0 bridgehead atoms. The molecule has 27 heavy (non-hydrogen) atoms. The van der Waals surface area contributed by atoms with Crippen molar-refractivity contribution in [3.05, 3.63) is 54.6 Å². The molecule has 2 atom stereocenters. The summed E-state index contributed by atoms with van der Waals surface area (Å²) < 4.78 is 0. The first-order valence-electron chi connectivity index (χ1n) is 9.62. The molecule has 0 radical (unpaired) electrons. The van der Waals surface area contributed by atoms with E-state index in [0.717, 1.165) is 24.5 Å². The largest absolute Gasteiger partial charge is 0.372 e. The second-order valence-electron chi connectivity index (χ2n) is 7.41. The molecule has 5 nitrogen and oxygen atoms in total. The highest BCUT2D eigenvalue weighted by atomic mass is 16.2. The van der Waals surface area contributed by atoms with Crippen LogP contribution in [0.15, 0.2) is 54.6 Å². The molecular weight excluding hydrogens is 338 g/mol. The second kappa shape index (κ2) is 7.43. The first-order chi connectivity index (χ1) is 13.1. The number of benzene rings is 2. The Morgan fingerprint density at radius 2 is 1.63 bits per heavy atom. The fourth-order valence-corrected chi connectivity index (χ4v) is 3.75. The number of hydrogen-bond donors (Lipinski definition) is 1. The average Bonchev–Trinajstić information content (AvgIpc) is 3.33. The Morgan fingerprint density at radius 1 is 0.963 bits per heavy atom. The van der Waals surface area contributed by atoms with Crippen molar-refractivity contribution in [1.82, 2.24) is 0 Å². The molecule has 2 aromatic carbocycles. The van der Waals surface area contributed by atoms with E-state index >= 15 is 0 Å². The highest BCUT2D eigenvalue weighted by Crippen LogP contribution is 2.41. The van der Waals surface area contributed by atoms with Crippen molar-refractivity contribution in [2.24, 2.45) is 11.8 Å². The summed E-state index contributed by atoms with van der Waals surface area (Å²) >= 11 is 0. The van der Waals surface area contributed by atoms with Crippen molar-refractivity contribution in [3.63, 3.8) is 0 Å². The van der Waals surface area contributed by atoms with Crippen LogP contribution in [-0.4, -0.2) is 32.0 Å². The van der Waals surface area contributed by atoms with Gasteiger partial charge in [0.2, 0.25) is 11.8 Å². The molecule has 2 amide bonds. The normalized spacial score (nSPS) is 21.0. The van der Waals surface area contributed by atoms with E-state index in [1.54, 1.807) is 11.9 Å². The van der Waals surface area contributed by atoms with Crippen molar-refractivity contribution >= 4 is 28.9 Å². The summed E-state index contributed by atoms with van der Waals surface area (Å²) in [7, 11) is 1.77. The van der Waals surface area contributed by atoms with Gasteiger partial charge in [-0.1, -0.05) is 18.2 Å². The topological polar surface area (TPSA) is 52.7 Å². The highest BCUT2D eigenvalue weighted by molar-refractivity contribution is 6.04. The van der Waals surface area contributed by atoms with Crippen LogP contribution >= 0.6 is 0 Å². The summed E-state index contributed by atoms with van der Waals surface area (Å²) in [6, 6.07) is 17.5. The zero-order valence-electron chi connectivity index (χ0n) is 15.6. The molecule has 2 unspecified atom stereocenters. The maximum atomic E-state index is 12.6. The molecule has 1 aliphatic carbocycles. The smallest absolute Gasteiger partial charge is 0.230 e. The lowest BCUT2D eigenvalue weighted by Gasteiger charge is -2.18. The highest BCUT2D eigenvalue weighted by Gasteiger charge is 2.49. The van der Waals surface area contributed by atoms with Gasteiger partial charge in [0, 0.05) is 37.2 Å². The van der Waals surface area contributed by atoms with E-state index in [-0.39, 0.29) is 23.7 Å². The number of amides is 2. The Balaban J connectivity index is 1.32. The van der Waals surface area contributed by atoms with E-state index in [1.165, 1.54) is 18.5 Å². The lowest BCUT2D eigenvalue weighted by molar-refractivity contribution is -0.123. The zero-order valence-corrected chi connectivity index (χ0v) is 15.6. The van der Waals surface area contributed by atoms with Crippen LogP contribution in [0.2, 0.25) is 0 Å². The number of carbonyl (C=O) groups is 2. The molecule has 1 saturated heterocycles. The molecule has 140 valence electrons. The van der Waals surface area contributed by atoms with Gasteiger partial charge in [-0.05, 0) is 55.7 Å². The molecule has 1 N–H and O–H groups in total. The van der Waals surface area contributed by atoms with Gasteiger partial charge >= 0.3 is 0 Å². The van der Waals surface area contributed by atoms with Crippen molar-refractivity contribution < 1.29 is 9.59 Å². The van der Waals surface area contributed by atoms with Crippen LogP contribution < -0.4 is 15.1 Å². The summed E-state index contributed by atoms with van der Waals surface area (Å²) in [5, 5.41) is 2.96. The van der Waals surface area contributed by atoms with Gasteiger partial charge in [-0.3, -0.25) is 9.59 Å². The lowest BCUT2D eigenvalue weighted by atomic mass is 10.2. The van der Waals surface area contributed by atoms with Gasteiger partial charge < -0.3 is 15.1 Å². The first kappa shape index (κ1) is 17.6. The van der Waals surface area contributed by atoms with Crippen molar-refractivity contribution in [2.75, 3.05) is 35.3 Å². The summed E-state index contributed by atoms with van der Waals surface area (Å²) in [5.41, 5.74) is 2.85. The van der Waals surface area contributed by atoms with Gasteiger partial charge in [-0.15, -0.1) is 0 Å². The maximum Gasteiger partial charge on any atom is 0.230 e. The van der Waals surface area contributed by atoms with E-state index < -0.39 is 0 Å². The van der Waals surface area contributed by atoms with E-state index in [0.29, 0.717) is 6.42 Å². The Bertz CT molecular complexity index is 813. The molecule has 4 rings (SSSR count). The predicted octanol–water partition coefficient (Wildman–Crippen LogP) is 3.52. The van der Waals surface area contributed by atoms with E-state index in [9.17, 15) is 9.59 Å². The summed E-state index contributed by atoms with van der Waals surface area (Å²) in [5.74, 6) is -0.518. The quantitative estimate of drug-likeness (QED) is 0.884. The van der Waals surface area contributed by atoms with Gasteiger partial charge in [-0.25, -0.2) is 0 Å². The SMILES string of the molecule is CN(C(=O)C1CC1C(=O)Nc1ccc(N2CCCC2)cc1)c1ccccc1. The molecule has 2 fully saturated rings. The summed E-state index contributed by atoms with van der Waals surface area (Å²) in [6.45, 7) is 2.21. The molecule has 2 aromatic rings.